The molecule has 5 rings (SSSR count). The van der Waals surface area contributed by atoms with Gasteiger partial charge < -0.3 is 39.2 Å². The minimum atomic E-state index is -3.44. The lowest BCUT2D eigenvalue weighted by Gasteiger charge is -2.47. The molecule has 5 fully saturated rings. The number of morpholine rings is 4. The molecule has 0 bridgehead atoms. The Labute approximate surface area is 234 Å². The Morgan fingerprint density at radius 3 is 0.875 bits per heavy atom. The van der Waals surface area contributed by atoms with E-state index in [1.54, 1.807) is 0 Å². The molecule has 0 radical (unpaired) electrons. The first kappa shape index (κ1) is 30.1. The molecule has 5 saturated heterocycles. The van der Waals surface area contributed by atoms with Gasteiger partial charge in [0.15, 0.2) is 0 Å². The van der Waals surface area contributed by atoms with Crippen molar-refractivity contribution in [3.63, 3.8) is 0 Å². The Hall–Kier alpha value is -1.32. The van der Waals surface area contributed by atoms with Crippen LogP contribution in [0.15, 0.2) is 10.3 Å². The van der Waals surface area contributed by atoms with Gasteiger partial charge in [-0.05, 0) is 0 Å². The highest BCUT2D eigenvalue weighted by molar-refractivity contribution is 7.76. The predicted octanol–water partition coefficient (Wildman–Crippen LogP) is -0.191. The van der Waals surface area contributed by atoms with Crippen LogP contribution in [0, 0.1) is 0 Å². The van der Waals surface area contributed by atoms with Crippen LogP contribution in [0.3, 0.4) is 0 Å². The molecule has 5 aliphatic rings. The van der Waals surface area contributed by atoms with E-state index < -0.39 is 14.9 Å². The van der Waals surface area contributed by atoms with E-state index in [4.69, 9.17) is 18.9 Å². The maximum atomic E-state index is 14.8. The number of rotatable bonds is 6. The van der Waals surface area contributed by atoms with Gasteiger partial charge in [0.2, 0.25) is 11.2 Å². The van der Waals surface area contributed by atoms with E-state index >= 15 is 0 Å². The number of oxime groups is 2. The fourth-order valence-electron chi connectivity index (χ4n) is 5.88. The normalized spacial score (nSPS) is 26.8. The summed E-state index contributed by atoms with van der Waals surface area (Å²) in [4.78, 5) is 3.68. The van der Waals surface area contributed by atoms with Crippen molar-refractivity contribution in [1.29, 1.82) is 0 Å². The average Bonchev–Trinajstić information content (AvgIpc) is 3.04. The summed E-state index contributed by atoms with van der Waals surface area (Å²) in [5.41, 5.74) is 0.283. The average molecular weight is 609 g/mol. The molecule has 5 heterocycles. The van der Waals surface area contributed by atoms with Crippen molar-refractivity contribution >= 4 is 26.0 Å². The zero-order valence-electron chi connectivity index (χ0n) is 23.0. The molecule has 0 aromatic carbocycles. The lowest BCUT2D eigenvalue weighted by molar-refractivity contribution is 0.0532. The second kappa shape index (κ2) is 13.8. The first-order chi connectivity index (χ1) is 19.5. The molecule has 5 aliphatic heterocycles. The minimum Gasteiger partial charge on any atom is -0.409 e. The van der Waals surface area contributed by atoms with Crippen molar-refractivity contribution in [3.8, 4) is 0 Å². The van der Waals surface area contributed by atoms with Crippen molar-refractivity contribution in [3.05, 3.63) is 0 Å². The van der Waals surface area contributed by atoms with E-state index in [1.165, 1.54) is 0 Å². The second-order valence-electron chi connectivity index (χ2n) is 10.1. The molecule has 18 heteroatoms. The maximum Gasteiger partial charge on any atom is 0.283 e. The molecule has 0 aromatic heterocycles. The number of nitrogens with zero attached hydrogens (tertiary/aromatic N) is 8. The number of ether oxygens (including phenoxy) is 4. The Bertz CT molecular complexity index is 867. The molecule has 0 spiro atoms. The van der Waals surface area contributed by atoms with Gasteiger partial charge >= 0.3 is 0 Å². The zero-order valence-corrected chi connectivity index (χ0v) is 24.7. The fraction of sp³-hybridized carbons (Fsp3) is 0.909. The van der Waals surface area contributed by atoms with E-state index in [0.29, 0.717) is 131 Å². The van der Waals surface area contributed by atoms with Crippen LogP contribution < -0.4 is 0 Å². The third-order valence-corrected chi connectivity index (χ3v) is 14.5. The summed E-state index contributed by atoms with van der Waals surface area (Å²) in [7, 11) is -6.88. The Balaban J connectivity index is 1.35. The summed E-state index contributed by atoms with van der Waals surface area (Å²) < 4.78 is 59.3. The topological polar surface area (TPSA) is 156 Å². The molecule has 2 N–H and O–H groups in total. The lowest BCUT2D eigenvalue weighted by atomic mass is 10.3. The maximum absolute atomic E-state index is 14.8. The van der Waals surface area contributed by atoms with Crippen LogP contribution >= 0.6 is 14.9 Å². The molecule has 0 unspecified atom stereocenters. The molecule has 0 aliphatic carbocycles. The van der Waals surface area contributed by atoms with Crippen molar-refractivity contribution in [2.75, 3.05) is 131 Å². The van der Waals surface area contributed by atoms with Crippen LogP contribution in [-0.4, -0.2) is 181 Å². The summed E-state index contributed by atoms with van der Waals surface area (Å²) in [6, 6.07) is 0. The SMILES string of the molecule is O=P(/C(=N/O)N1CCN(/C(=N\O)P(=O)(N2CCOCC2)N2CCOCC2)CC1)(N1CCOCC1)N1CCOCC1. The molecule has 16 nitrogen and oxygen atoms in total. The minimum absolute atomic E-state index is 0.142. The molecule has 40 heavy (non-hydrogen) atoms. The molecule has 228 valence electrons. The highest BCUT2D eigenvalue weighted by Crippen LogP contribution is 2.57. The van der Waals surface area contributed by atoms with Gasteiger partial charge in [0.25, 0.3) is 14.9 Å². The highest BCUT2D eigenvalue weighted by atomic mass is 31.2. The third-order valence-electron chi connectivity index (χ3n) is 8.03. The number of amidine groups is 2. The fourth-order valence-corrected chi connectivity index (χ4v) is 11.8. The quantitative estimate of drug-likeness (QED) is 0.135. The van der Waals surface area contributed by atoms with Crippen LogP contribution in [0.2, 0.25) is 0 Å². The highest BCUT2D eigenvalue weighted by Gasteiger charge is 2.49. The van der Waals surface area contributed by atoms with Gasteiger partial charge in [-0.15, -0.1) is 0 Å². The van der Waals surface area contributed by atoms with Gasteiger partial charge in [-0.1, -0.05) is 10.3 Å². The van der Waals surface area contributed by atoms with Crippen LogP contribution in [-0.2, 0) is 28.1 Å². The lowest BCUT2D eigenvalue weighted by Crippen LogP contribution is -2.56. The van der Waals surface area contributed by atoms with Crippen molar-refractivity contribution in [2.24, 2.45) is 10.3 Å². The first-order valence-electron chi connectivity index (χ1n) is 14.0. The Morgan fingerprint density at radius 2 is 0.675 bits per heavy atom. The molecule has 0 saturated carbocycles. The summed E-state index contributed by atoms with van der Waals surface area (Å²) in [5.74, 6) is 0. The van der Waals surface area contributed by atoms with Gasteiger partial charge in [-0.25, -0.2) is 18.7 Å². The van der Waals surface area contributed by atoms with E-state index in [9.17, 15) is 19.5 Å². The molecular weight excluding hydrogens is 566 g/mol. The van der Waals surface area contributed by atoms with Crippen LogP contribution in [0.5, 0.6) is 0 Å². The largest absolute Gasteiger partial charge is 0.409 e. The summed E-state index contributed by atoms with van der Waals surface area (Å²) >= 11 is 0. The zero-order chi connectivity index (χ0) is 28.0. The number of hydrogen-bond donors (Lipinski definition) is 2. The van der Waals surface area contributed by atoms with Gasteiger partial charge in [0.1, 0.15) is 0 Å². The standard InChI is InChI=1S/C22H42N8O8P2/c31-23-21(39(33,27-5-13-35-14-6-27)28-7-15-36-16-8-28)25-1-2-26(4-3-25)22(24-32)40(34,29-9-17-37-18-10-29)30-11-19-38-20-12-30/h31-32H,1-20H2/b23-21+,24-22+. The molecule has 0 aromatic rings. The third kappa shape index (κ3) is 5.94. The summed E-state index contributed by atoms with van der Waals surface area (Å²) in [6.07, 6.45) is 0. The predicted molar refractivity (Wildman–Crippen MR) is 146 cm³/mol. The van der Waals surface area contributed by atoms with Crippen molar-refractivity contribution < 1.29 is 38.5 Å². The van der Waals surface area contributed by atoms with E-state index in [1.807, 2.05) is 28.5 Å². The number of hydrogen-bond acceptors (Lipinski definition) is 10. The monoisotopic (exact) mass is 608 g/mol. The van der Waals surface area contributed by atoms with E-state index in [-0.39, 0.29) is 11.2 Å². The number of piperazine rings is 1. The van der Waals surface area contributed by atoms with E-state index in [2.05, 4.69) is 10.3 Å². The summed E-state index contributed by atoms with van der Waals surface area (Å²) in [6.45, 7) is 8.79. The van der Waals surface area contributed by atoms with Gasteiger partial charge in [-0.2, -0.15) is 0 Å². The Morgan fingerprint density at radius 1 is 0.450 bits per heavy atom. The van der Waals surface area contributed by atoms with Gasteiger partial charge in [0, 0.05) is 78.5 Å². The molecular formula is C22H42N8O8P2. The first-order valence-corrected chi connectivity index (χ1v) is 17.2. The van der Waals surface area contributed by atoms with Crippen molar-refractivity contribution in [2.45, 2.75) is 0 Å². The van der Waals surface area contributed by atoms with Crippen LogP contribution in [0.1, 0.15) is 0 Å². The summed E-state index contributed by atoms with van der Waals surface area (Å²) in [5, 5.41) is 27.8. The van der Waals surface area contributed by atoms with Crippen LogP contribution in [0.25, 0.3) is 0 Å². The van der Waals surface area contributed by atoms with Crippen LogP contribution in [0.4, 0.5) is 0 Å². The van der Waals surface area contributed by atoms with Crippen molar-refractivity contribution in [1.82, 2.24) is 28.5 Å². The second-order valence-corrected chi connectivity index (χ2v) is 15.4. The smallest absolute Gasteiger partial charge is 0.283 e. The van der Waals surface area contributed by atoms with Gasteiger partial charge in [-0.3, -0.25) is 9.13 Å². The van der Waals surface area contributed by atoms with Gasteiger partial charge in [0.05, 0.1) is 52.9 Å². The molecule has 0 amide bonds. The van der Waals surface area contributed by atoms with E-state index in [0.717, 1.165) is 0 Å². The Kier molecular flexibility index (Phi) is 10.4. The molecule has 0 atom stereocenters.